The Hall–Kier alpha value is -2.48. The van der Waals surface area contributed by atoms with Crippen molar-refractivity contribution in [1.82, 2.24) is 10.3 Å². The largest absolute Gasteiger partial charge is 0.359 e. The number of carbonyl (C=O) groups is 2. The Morgan fingerprint density at radius 1 is 1.21 bits per heavy atom. The molecule has 2 aromatic rings. The predicted molar refractivity (Wildman–Crippen MR) is 88.3 cm³/mol. The van der Waals surface area contributed by atoms with E-state index >= 15 is 0 Å². The fraction of sp³-hybridized carbons (Fsp3) is 0.188. The number of anilines is 1. The monoisotopic (exact) mass is 351 g/mol. The van der Waals surface area contributed by atoms with Gasteiger partial charge in [-0.05, 0) is 41.6 Å². The van der Waals surface area contributed by atoms with E-state index in [0.717, 1.165) is 5.56 Å². The molecule has 126 valence electrons. The molecule has 0 saturated heterocycles. The van der Waals surface area contributed by atoms with Crippen LogP contribution in [-0.4, -0.2) is 29.6 Å². The molecule has 5 nitrogen and oxygen atoms in total. The van der Waals surface area contributed by atoms with Gasteiger partial charge in [0.25, 0.3) is 11.7 Å². The van der Waals surface area contributed by atoms with Gasteiger partial charge in [0.05, 0.1) is 12.0 Å². The fourth-order valence-corrected chi connectivity index (χ4v) is 2.50. The fourth-order valence-electron chi connectivity index (χ4n) is 1.92. The molecule has 1 heterocycles. The minimum Gasteiger partial charge on any atom is -0.359 e. The molecule has 0 aliphatic carbocycles. The van der Waals surface area contributed by atoms with E-state index in [-0.39, 0.29) is 34.7 Å². The van der Waals surface area contributed by atoms with Crippen molar-refractivity contribution in [3.05, 3.63) is 53.7 Å². The first-order valence-electron chi connectivity index (χ1n) is 7.00. The Bertz CT molecular complexity index is 724. The van der Waals surface area contributed by atoms with Crippen LogP contribution in [0.15, 0.2) is 47.6 Å². The number of amides is 2. The summed E-state index contributed by atoms with van der Waals surface area (Å²) in [5, 5.41) is 5.13. The van der Waals surface area contributed by atoms with Crippen LogP contribution < -0.4 is 10.6 Å². The minimum absolute atomic E-state index is 0.0266. The predicted octanol–water partition coefficient (Wildman–Crippen LogP) is 2.94. The highest BCUT2D eigenvalue weighted by molar-refractivity contribution is 7.99. The highest BCUT2D eigenvalue weighted by Crippen LogP contribution is 2.26. The minimum atomic E-state index is -2.66. The SMILES string of the molecule is CNC(=O)Cc1ccc(NC(=O)c2cccnc2SC(F)F)cc1. The van der Waals surface area contributed by atoms with Crippen LogP contribution in [0.2, 0.25) is 0 Å². The summed E-state index contributed by atoms with van der Waals surface area (Å²) in [6.45, 7) is 0. The van der Waals surface area contributed by atoms with E-state index in [1.807, 2.05) is 0 Å². The van der Waals surface area contributed by atoms with Crippen LogP contribution in [0.5, 0.6) is 0 Å². The second-order valence-electron chi connectivity index (χ2n) is 4.74. The average molecular weight is 351 g/mol. The van der Waals surface area contributed by atoms with Gasteiger partial charge in [-0.2, -0.15) is 8.78 Å². The van der Waals surface area contributed by atoms with Gasteiger partial charge in [-0.3, -0.25) is 9.59 Å². The molecule has 0 aliphatic heterocycles. The van der Waals surface area contributed by atoms with Crippen LogP contribution in [0.25, 0.3) is 0 Å². The van der Waals surface area contributed by atoms with Gasteiger partial charge >= 0.3 is 0 Å². The number of carbonyl (C=O) groups excluding carboxylic acids is 2. The van der Waals surface area contributed by atoms with Crippen molar-refractivity contribution in [2.75, 3.05) is 12.4 Å². The molecular weight excluding hydrogens is 336 g/mol. The summed E-state index contributed by atoms with van der Waals surface area (Å²) in [4.78, 5) is 27.4. The number of benzene rings is 1. The Morgan fingerprint density at radius 2 is 1.92 bits per heavy atom. The highest BCUT2D eigenvalue weighted by atomic mass is 32.2. The molecule has 1 aromatic heterocycles. The van der Waals surface area contributed by atoms with E-state index in [0.29, 0.717) is 5.69 Å². The summed E-state index contributed by atoms with van der Waals surface area (Å²) in [5.74, 6) is -3.29. The molecule has 0 bridgehead atoms. The molecule has 0 spiro atoms. The maximum atomic E-state index is 12.5. The lowest BCUT2D eigenvalue weighted by atomic mass is 10.1. The lowest BCUT2D eigenvalue weighted by molar-refractivity contribution is -0.119. The maximum absolute atomic E-state index is 12.5. The first kappa shape index (κ1) is 17.9. The summed E-state index contributed by atoms with van der Waals surface area (Å²) in [6.07, 6.45) is 1.59. The zero-order chi connectivity index (χ0) is 17.5. The third-order valence-electron chi connectivity index (χ3n) is 3.07. The summed E-state index contributed by atoms with van der Waals surface area (Å²) in [5.41, 5.74) is 1.37. The number of likely N-dealkylation sites (N-methyl/N-ethyl adjacent to an activating group) is 1. The van der Waals surface area contributed by atoms with Crippen LogP contribution >= 0.6 is 11.8 Å². The van der Waals surface area contributed by atoms with E-state index in [9.17, 15) is 18.4 Å². The number of hydrogen-bond donors (Lipinski definition) is 2. The van der Waals surface area contributed by atoms with Crippen molar-refractivity contribution < 1.29 is 18.4 Å². The molecule has 0 unspecified atom stereocenters. The molecule has 2 amide bonds. The molecule has 0 radical (unpaired) electrons. The van der Waals surface area contributed by atoms with Gasteiger partial charge in [0.15, 0.2) is 0 Å². The molecule has 2 N–H and O–H groups in total. The van der Waals surface area contributed by atoms with E-state index in [1.165, 1.54) is 18.3 Å². The van der Waals surface area contributed by atoms with Crippen molar-refractivity contribution in [2.24, 2.45) is 0 Å². The number of nitrogens with one attached hydrogen (secondary N) is 2. The second kappa shape index (κ2) is 8.39. The zero-order valence-electron chi connectivity index (χ0n) is 12.8. The molecule has 2 rings (SSSR count). The zero-order valence-corrected chi connectivity index (χ0v) is 13.6. The highest BCUT2D eigenvalue weighted by Gasteiger charge is 2.16. The van der Waals surface area contributed by atoms with Gasteiger partial charge in [0.1, 0.15) is 5.03 Å². The molecular formula is C16H15F2N3O2S. The third-order valence-corrected chi connectivity index (χ3v) is 3.80. The lowest BCUT2D eigenvalue weighted by Gasteiger charge is -2.09. The number of hydrogen-bond acceptors (Lipinski definition) is 4. The van der Waals surface area contributed by atoms with Gasteiger partial charge in [0, 0.05) is 18.9 Å². The van der Waals surface area contributed by atoms with Crippen molar-refractivity contribution in [3.63, 3.8) is 0 Å². The smallest absolute Gasteiger partial charge is 0.290 e. The van der Waals surface area contributed by atoms with Gasteiger partial charge < -0.3 is 10.6 Å². The summed E-state index contributed by atoms with van der Waals surface area (Å²) in [6, 6.07) is 9.66. The normalized spacial score (nSPS) is 10.5. The van der Waals surface area contributed by atoms with Gasteiger partial charge in [-0.25, -0.2) is 4.98 Å². The summed E-state index contributed by atoms with van der Waals surface area (Å²) in [7, 11) is 1.56. The molecule has 0 aliphatic rings. The number of halogens is 2. The lowest BCUT2D eigenvalue weighted by Crippen LogP contribution is -2.19. The first-order valence-corrected chi connectivity index (χ1v) is 7.88. The van der Waals surface area contributed by atoms with Gasteiger partial charge in [0.2, 0.25) is 5.91 Å². The Kier molecular flexibility index (Phi) is 6.25. The van der Waals surface area contributed by atoms with E-state index in [1.54, 1.807) is 31.3 Å². The Morgan fingerprint density at radius 3 is 2.54 bits per heavy atom. The molecule has 8 heteroatoms. The molecule has 0 fully saturated rings. The number of thioether (sulfide) groups is 1. The topological polar surface area (TPSA) is 71.1 Å². The van der Waals surface area contributed by atoms with Gasteiger partial charge in [-0.15, -0.1) is 0 Å². The van der Waals surface area contributed by atoms with E-state index < -0.39 is 11.7 Å². The van der Waals surface area contributed by atoms with E-state index in [2.05, 4.69) is 15.6 Å². The number of aromatic nitrogens is 1. The molecule has 0 saturated carbocycles. The van der Waals surface area contributed by atoms with Crippen LogP contribution in [0, 0.1) is 0 Å². The van der Waals surface area contributed by atoms with Crippen LogP contribution in [0.1, 0.15) is 15.9 Å². The number of alkyl halides is 2. The standard InChI is InChI=1S/C16H15F2N3O2S/c1-19-13(22)9-10-4-6-11(7-5-10)21-14(23)12-3-2-8-20-15(12)24-16(17)18/h2-8,16H,9H2,1H3,(H,19,22)(H,21,23). The first-order chi connectivity index (χ1) is 11.5. The number of pyridine rings is 1. The van der Waals surface area contributed by atoms with Crippen molar-refractivity contribution in [2.45, 2.75) is 17.2 Å². The van der Waals surface area contributed by atoms with Gasteiger partial charge in [-0.1, -0.05) is 12.1 Å². The second-order valence-corrected chi connectivity index (χ2v) is 5.71. The van der Waals surface area contributed by atoms with Crippen LogP contribution in [0.4, 0.5) is 14.5 Å². The van der Waals surface area contributed by atoms with Crippen LogP contribution in [0.3, 0.4) is 0 Å². The molecule has 24 heavy (non-hydrogen) atoms. The maximum Gasteiger partial charge on any atom is 0.290 e. The van der Waals surface area contributed by atoms with Crippen molar-refractivity contribution in [3.8, 4) is 0 Å². The molecule has 1 aromatic carbocycles. The Labute approximate surface area is 141 Å². The van der Waals surface area contributed by atoms with Crippen LogP contribution in [-0.2, 0) is 11.2 Å². The molecule has 0 atom stereocenters. The average Bonchev–Trinajstić information content (AvgIpc) is 2.56. The quantitative estimate of drug-likeness (QED) is 0.785. The Balaban J connectivity index is 2.08. The third kappa shape index (κ3) is 5.02. The van der Waals surface area contributed by atoms with Crippen molar-refractivity contribution >= 4 is 29.3 Å². The van der Waals surface area contributed by atoms with E-state index in [4.69, 9.17) is 0 Å². The number of rotatable bonds is 6. The summed E-state index contributed by atoms with van der Waals surface area (Å²) < 4.78 is 25.1. The summed E-state index contributed by atoms with van der Waals surface area (Å²) >= 11 is 0.226. The number of nitrogens with zero attached hydrogens (tertiary/aromatic N) is 1. The van der Waals surface area contributed by atoms with Crippen molar-refractivity contribution in [1.29, 1.82) is 0 Å².